The van der Waals surface area contributed by atoms with Crippen LogP contribution < -0.4 is 5.32 Å². The molecule has 2 heterocycles. The van der Waals surface area contributed by atoms with Gasteiger partial charge in [0.05, 0.1) is 11.1 Å². The third-order valence-electron chi connectivity index (χ3n) is 4.46. The first-order valence-corrected chi connectivity index (χ1v) is 8.55. The van der Waals surface area contributed by atoms with Crippen molar-refractivity contribution in [1.82, 2.24) is 20.1 Å². The molecule has 146 valence electrons. The first kappa shape index (κ1) is 18.6. The van der Waals surface area contributed by atoms with E-state index < -0.39 is 28.8 Å². The minimum Gasteiger partial charge on any atom is -0.344 e. The molecule has 0 amide bonds. The van der Waals surface area contributed by atoms with E-state index in [0.717, 1.165) is 0 Å². The van der Waals surface area contributed by atoms with E-state index in [9.17, 15) is 17.6 Å². The number of alkyl halides is 4. The van der Waals surface area contributed by atoms with Crippen LogP contribution >= 0.6 is 11.6 Å². The number of aromatic nitrogens is 4. The molecule has 0 unspecified atom stereocenters. The van der Waals surface area contributed by atoms with E-state index in [2.05, 4.69) is 29.9 Å². The second-order valence-corrected chi connectivity index (χ2v) is 6.88. The average molecular weight is 414 g/mol. The van der Waals surface area contributed by atoms with Gasteiger partial charge in [0.1, 0.15) is 12.0 Å². The van der Waals surface area contributed by atoms with Crippen LogP contribution in [0.1, 0.15) is 24.3 Å². The second-order valence-electron chi connectivity index (χ2n) is 6.41. The average Bonchev–Trinajstić information content (AvgIpc) is 3.12. The monoisotopic (exact) mass is 413 g/mol. The summed E-state index contributed by atoms with van der Waals surface area (Å²) in [6, 6.07) is 6.09. The summed E-state index contributed by atoms with van der Waals surface area (Å²) >= 11 is 4.83. The van der Waals surface area contributed by atoms with Crippen molar-refractivity contribution in [3.05, 3.63) is 53.9 Å². The van der Waals surface area contributed by atoms with Gasteiger partial charge in [-0.3, -0.25) is 0 Å². The predicted octanol–water partition coefficient (Wildman–Crippen LogP) is 4.39. The van der Waals surface area contributed by atoms with E-state index in [1.807, 2.05) is 0 Å². The summed E-state index contributed by atoms with van der Waals surface area (Å²) in [6.07, 6.45) is 1.62. The van der Waals surface area contributed by atoms with Crippen molar-refractivity contribution in [1.29, 1.82) is 0 Å². The maximum Gasteiger partial charge on any atom is 0.400 e. The molecule has 0 spiro atoms. The van der Waals surface area contributed by atoms with Crippen LogP contribution in [0.15, 0.2) is 41.2 Å². The quantitative estimate of drug-likeness (QED) is 0.493. The SMILES string of the molecule is Fc1ccccc1C1(Nc2ncc(-c3noc(C(F)(F)Cl)n3)cn2)CC(F)C1. The largest absolute Gasteiger partial charge is 0.400 e. The molecule has 0 saturated heterocycles. The van der Waals surface area contributed by atoms with Crippen molar-refractivity contribution in [3.8, 4) is 11.4 Å². The molecule has 1 N–H and O–H groups in total. The summed E-state index contributed by atoms with van der Waals surface area (Å²) in [7, 11) is 0. The lowest BCUT2D eigenvalue weighted by Gasteiger charge is -2.45. The number of benzene rings is 1. The third kappa shape index (κ3) is 3.39. The van der Waals surface area contributed by atoms with E-state index in [0.29, 0.717) is 5.56 Å². The highest BCUT2D eigenvalue weighted by Gasteiger charge is 2.48. The minimum atomic E-state index is -3.78. The van der Waals surface area contributed by atoms with E-state index in [4.69, 9.17) is 11.6 Å². The fourth-order valence-electron chi connectivity index (χ4n) is 3.11. The van der Waals surface area contributed by atoms with Gasteiger partial charge in [0.15, 0.2) is 0 Å². The van der Waals surface area contributed by atoms with Crippen molar-refractivity contribution in [2.75, 3.05) is 5.32 Å². The van der Waals surface area contributed by atoms with Crippen LogP contribution in [0.4, 0.5) is 23.5 Å². The van der Waals surface area contributed by atoms with Gasteiger partial charge in [-0.05, 0) is 17.7 Å². The number of nitrogens with zero attached hydrogens (tertiary/aromatic N) is 4. The van der Waals surface area contributed by atoms with Crippen LogP contribution in [0.2, 0.25) is 0 Å². The van der Waals surface area contributed by atoms with Crippen LogP contribution in [0, 0.1) is 5.82 Å². The topological polar surface area (TPSA) is 76.7 Å². The van der Waals surface area contributed by atoms with E-state index in [1.54, 1.807) is 18.2 Å². The summed E-state index contributed by atoms with van der Waals surface area (Å²) in [4.78, 5) is 11.6. The van der Waals surface area contributed by atoms with Gasteiger partial charge in [0.25, 0.3) is 0 Å². The van der Waals surface area contributed by atoms with Gasteiger partial charge in [0.2, 0.25) is 11.8 Å². The molecular formula is C17H12ClF4N5O. The van der Waals surface area contributed by atoms with Gasteiger partial charge < -0.3 is 9.84 Å². The molecule has 0 bridgehead atoms. The number of nitrogens with one attached hydrogen (secondary N) is 1. The van der Waals surface area contributed by atoms with Gasteiger partial charge in [0, 0.05) is 30.8 Å². The molecule has 1 fully saturated rings. The molecule has 1 aromatic carbocycles. The van der Waals surface area contributed by atoms with Crippen molar-refractivity contribution >= 4 is 17.5 Å². The molecule has 1 aliphatic rings. The highest BCUT2D eigenvalue weighted by molar-refractivity contribution is 6.21. The zero-order chi connectivity index (χ0) is 19.9. The fraction of sp³-hybridized carbons (Fsp3) is 0.294. The molecule has 6 nitrogen and oxygen atoms in total. The Kier molecular flexibility index (Phi) is 4.45. The molecular weight excluding hydrogens is 402 g/mol. The van der Waals surface area contributed by atoms with Crippen molar-refractivity contribution in [2.45, 2.75) is 29.9 Å². The number of anilines is 1. The maximum absolute atomic E-state index is 14.2. The lowest BCUT2D eigenvalue weighted by atomic mass is 9.70. The summed E-state index contributed by atoms with van der Waals surface area (Å²) in [5.74, 6) is -1.56. The Morgan fingerprint density at radius 2 is 1.86 bits per heavy atom. The standard InChI is InChI=1S/C17H12ClF4N5O/c18-17(21,22)14-25-13(27-28-14)9-7-23-15(24-8-9)26-16(5-10(19)6-16)11-3-1-2-4-12(11)20/h1-4,7-8,10H,5-6H2,(H,23,24,26). The number of hydrogen-bond acceptors (Lipinski definition) is 6. The van der Waals surface area contributed by atoms with Gasteiger partial charge in [-0.25, -0.2) is 18.7 Å². The molecule has 1 saturated carbocycles. The maximum atomic E-state index is 14.2. The third-order valence-corrected chi connectivity index (χ3v) is 4.62. The lowest BCUT2D eigenvalue weighted by Crippen LogP contribution is -2.49. The van der Waals surface area contributed by atoms with E-state index in [-0.39, 0.29) is 30.2 Å². The Balaban J connectivity index is 1.57. The Morgan fingerprint density at radius 3 is 2.43 bits per heavy atom. The summed E-state index contributed by atoms with van der Waals surface area (Å²) in [6.45, 7) is 0. The van der Waals surface area contributed by atoms with Gasteiger partial charge >= 0.3 is 11.3 Å². The van der Waals surface area contributed by atoms with E-state index in [1.165, 1.54) is 18.5 Å². The van der Waals surface area contributed by atoms with Crippen LogP contribution in [0.3, 0.4) is 0 Å². The van der Waals surface area contributed by atoms with Gasteiger partial charge in [-0.1, -0.05) is 23.4 Å². The van der Waals surface area contributed by atoms with Gasteiger partial charge in [-0.15, -0.1) is 0 Å². The molecule has 0 atom stereocenters. The van der Waals surface area contributed by atoms with Crippen LogP contribution in [0.5, 0.6) is 0 Å². The summed E-state index contributed by atoms with van der Waals surface area (Å²) < 4.78 is 58.2. The molecule has 2 aromatic heterocycles. The molecule has 1 aliphatic carbocycles. The van der Waals surface area contributed by atoms with Crippen LogP contribution in [-0.2, 0) is 10.9 Å². The highest BCUT2D eigenvalue weighted by atomic mass is 35.5. The molecule has 0 aliphatic heterocycles. The Morgan fingerprint density at radius 1 is 1.18 bits per heavy atom. The van der Waals surface area contributed by atoms with Crippen molar-refractivity contribution < 1.29 is 22.1 Å². The molecule has 4 rings (SSSR count). The van der Waals surface area contributed by atoms with Crippen molar-refractivity contribution in [3.63, 3.8) is 0 Å². The fourth-order valence-corrected chi connectivity index (χ4v) is 3.19. The molecule has 28 heavy (non-hydrogen) atoms. The van der Waals surface area contributed by atoms with E-state index >= 15 is 0 Å². The molecule has 0 radical (unpaired) electrons. The van der Waals surface area contributed by atoms with Crippen molar-refractivity contribution in [2.24, 2.45) is 0 Å². The molecule has 11 heteroatoms. The summed E-state index contributed by atoms with van der Waals surface area (Å²) in [5.41, 5.74) is -0.436. The zero-order valence-electron chi connectivity index (χ0n) is 14.0. The first-order chi connectivity index (χ1) is 13.3. The first-order valence-electron chi connectivity index (χ1n) is 8.17. The highest BCUT2D eigenvalue weighted by Crippen LogP contribution is 2.46. The lowest BCUT2D eigenvalue weighted by molar-refractivity contribution is 0.0551. The van der Waals surface area contributed by atoms with Gasteiger partial charge in [-0.2, -0.15) is 13.8 Å². The number of rotatable bonds is 5. The smallest absolute Gasteiger partial charge is 0.344 e. The Hall–Kier alpha value is -2.75. The Bertz CT molecular complexity index is 986. The number of hydrogen-bond donors (Lipinski definition) is 1. The summed E-state index contributed by atoms with van der Waals surface area (Å²) in [5, 5.41) is 2.60. The number of halogens is 5. The normalized spacial score (nSPS) is 22.0. The Labute approximate surface area is 161 Å². The molecule has 3 aromatic rings. The zero-order valence-corrected chi connectivity index (χ0v) is 14.8. The minimum absolute atomic E-state index is 0.0675. The second kappa shape index (κ2) is 6.69. The van der Waals surface area contributed by atoms with Crippen LogP contribution in [0.25, 0.3) is 11.4 Å². The predicted molar refractivity (Wildman–Crippen MR) is 90.9 cm³/mol. The van der Waals surface area contributed by atoms with Crippen LogP contribution in [-0.4, -0.2) is 26.3 Å².